The van der Waals surface area contributed by atoms with E-state index >= 15 is 0 Å². The van der Waals surface area contributed by atoms with Crippen LogP contribution in [0, 0.1) is 0 Å². The van der Waals surface area contributed by atoms with E-state index in [1.54, 1.807) is 7.11 Å². The van der Waals surface area contributed by atoms with Gasteiger partial charge in [-0.05, 0) is 37.1 Å². The third-order valence-corrected chi connectivity index (χ3v) is 2.24. The van der Waals surface area contributed by atoms with Gasteiger partial charge in [-0.15, -0.1) is 0 Å². The van der Waals surface area contributed by atoms with Gasteiger partial charge in [-0.1, -0.05) is 0 Å². The highest BCUT2D eigenvalue weighted by Gasteiger charge is 2.16. The summed E-state index contributed by atoms with van der Waals surface area (Å²) in [6.45, 7) is 2.19. The van der Waals surface area contributed by atoms with Crippen LogP contribution in [0.2, 0.25) is 0 Å². The van der Waals surface area contributed by atoms with Crippen LogP contribution < -0.4 is 10.1 Å². The van der Waals surface area contributed by atoms with Crippen LogP contribution in [0.4, 0.5) is 5.69 Å². The zero-order chi connectivity index (χ0) is 8.55. The maximum absolute atomic E-state index is 5.15. The van der Waals surface area contributed by atoms with E-state index in [0.29, 0.717) is 6.04 Å². The van der Waals surface area contributed by atoms with E-state index in [0.717, 1.165) is 12.2 Å². The molecular weight excluding hydrogens is 150 g/mol. The Labute approximate surface area is 72.5 Å². The molecule has 0 saturated heterocycles. The highest BCUT2D eigenvalue weighted by atomic mass is 16.5. The lowest BCUT2D eigenvalue weighted by Crippen LogP contribution is -2.08. The summed E-state index contributed by atoms with van der Waals surface area (Å²) in [6.07, 6.45) is 1.10. The molecule has 0 saturated carbocycles. The first-order valence-corrected chi connectivity index (χ1v) is 4.23. The van der Waals surface area contributed by atoms with Crippen LogP contribution in [0.5, 0.6) is 5.75 Å². The standard InChI is InChI=1S/C10H13NO/c1-7-5-8-6-9(12-2)3-4-10(8)11-7/h3-4,6-7,11H,5H2,1-2H3/t7-/m0/s1. The molecule has 2 rings (SSSR count). The summed E-state index contributed by atoms with van der Waals surface area (Å²) >= 11 is 0. The molecule has 2 nitrogen and oxygen atoms in total. The fraction of sp³-hybridized carbons (Fsp3) is 0.400. The van der Waals surface area contributed by atoms with Gasteiger partial charge in [0.2, 0.25) is 0 Å². The Hall–Kier alpha value is -1.18. The Balaban J connectivity index is 2.35. The van der Waals surface area contributed by atoms with Gasteiger partial charge in [0, 0.05) is 11.7 Å². The molecule has 0 amide bonds. The number of methoxy groups -OCH3 is 1. The van der Waals surface area contributed by atoms with Gasteiger partial charge >= 0.3 is 0 Å². The average molecular weight is 163 g/mol. The number of benzene rings is 1. The summed E-state index contributed by atoms with van der Waals surface area (Å²) in [7, 11) is 1.70. The van der Waals surface area contributed by atoms with E-state index < -0.39 is 0 Å². The van der Waals surface area contributed by atoms with E-state index in [2.05, 4.69) is 24.4 Å². The third-order valence-electron chi connectivity index (χ3n) is 2.24. The molecule has 1 aliphatic rings. The minimum atomic E-state index is 0.562. The first-order valence-electron chi connectivity index (χ1n) is 4.23. The molecule has 0 bridgehead atoms. The monoisotopic (exact) mass is 163 g/mol. The summed E-state index contributed by atoms with van der Waals surface area (Å²) in [5.41, 5.74) is 2.62. The molecule has 0 spiro atoms. The van der Waals surface area contributed by atoms with E-state index in [9.17, 15) is 0 Å². The Kier molecular flexibility index (Phi) is 1.68. The molecular formula is C10H13NO. The van der Waals surface area contributed by atoms with E-state index in [-0.39, 0.29) is 0 Å². The quantitative estimate of drug-likeness (QED) is 0.684. The molecule has 0 aromatic heterocycles. The number of ether oxygens (including phenoxy) is 1. The predicted octanol–water partition coefficient (Wildman–Crippen LogP) is 2.05. The number of anilines is 1. The minimum Gasteiger partial charge on any atom is -0.497 e. The van der Waals surface area contributed by atoms with Crippen LogP contribution in [0.3, 0.4) is 0 Å². The smallest absolute Gasteiger partial charge is 0.119 e. The molecule has 0 aliphatic carbocycles. The van der Waals surface area contributed by atoms with Crippen LogP contribution >= 0.6 is 0 Å². The second-order valence-corrected chi connectivity index (χ2v) is 3.27. The van der Waals surface area contributed by atoms with Gasteiger partial charge in [-0.25, -0.2) is 0 Å². The third kappa shape index (κ3) is 1.13. The molecule has 1 aliphatic heterocycles. The Bertz CT molecular complexity index is 296. The van der Waals surface area contributed by atoms with E-state index in [1.807, 2.05) is 6.07 Å². The number of nitrogens with one attached hydrogen (secondary N) is 1. The maximum Gasteiger partial charge on any atom is 0.119 e. The molecule has 0 unspecified atom stereocenters. The maximum atomic E-state index is 5.15. The highest BCUT2D eigenvalue weighted by molar-refractivity contribution is 5.58. The van der Waals surface area contributed by atoms with Crippen LogP contribution in [0.15, 0.2) is 18.2 Å². The summed E-state index contributed by atoms with van der Waals surface area (Å²) in [6, 6.07) is 6.74. The lowest BCUT2D eigenvalue weighted by atomic mass is 10.1. The second kappa shape index (κ2) is 2.70. The van der Waals surface area contributed by atoms with Crippen molar-refractivity contribution in [1.82, 2.24) is 0 Å². The number of rotatable bonds is 1. The van der Waals surface area contributed by atoms with Crippen LogP contribution in [0.1, 0.15) is 12.5 Å². The number of hydrogen-bond donors (Lipinski definition) is 1. The minimum absolute atomic E-state index is 0.562. The molecule has 1 aromatic carbocycles. The van der Waals surface area contributed by atoms with Crippen molar-refractivity contribution in [2.75, 3.05) is 12.4 Å². The normalized spacial score (nSPS) is 20.0. The Morgan fingerprint density at radius 2 is 2.33 bits per heavy atom. The Morgan fingerprint density at radius 1 is 1.50 bits per heavy atom. The molecule has 0 radical (unpaired) electrons. The summed E-state index contributed by atoms with van der Waals surface area (Å²) in [5.74, 6) is 0.949. The SMILES string of the molecule is COc1ccc2c(c1)C[C@H](C)N2. The predicted molar refractivity (Wildman–Crippen MR) is 49.8 cm³/mol. The van der Waals surface area contributed by atoms with Gasteiger partial charge in [0.05, 0.1) is 7.11 Å². The van der Waals surface area contributed by atoms with Crippen molar-refractivity contribution in [3.05, 3.63) is 23.8 Å². The molecule has 1 heterocycles. The first kappa shape index (κ1) is 7.47. The molecule has 2 heteroatoms. The molecule has 1 aromatic rings. The molecule has 64 valence electrons. The first-order chi connectivity index (χ1) is 5.79. The summed E-state index contributed by atoms with van der Waals surface area (Å²) in [4.78, 5) is 0. The van der Waals surface area contributed by atoms with E-state index in [4.69, 9.17) is 4.74 Å². The van der Waals surface area contributed by atoms with Gasteiger partial charge in [0.1, 0.15) is 5.75 Å². The van der Waals surface area contributed by atoms with Crippen molar-refractivity contribution < 1.29 is 4.74 Å². The lowest BCUT2D eigenvalue weighted by Gasteiger charge is -2.03. The summed E-state index contributed by atoms with van der Waals surface area (Å²) < 4.78 is 5.15. The topological polar surface area (TPSA) is 21.3 Å². The fourth-order valence-corrected chi connectivity index (χ4v) is 1.65. The van der Waals surface area contributed by atoms with Crippen molar-refractivity contribution in [3.63, 3.8) is 0 Å². The second-order valence-electron chi connectivity index (χ2n) is 3.27. The zero-order valence-electron chi connectivity index (χ0n) is 7.42. The number of hydrogen-bond acceptors (Lipinski definition) is 2. The van der Waals surface area contributed by atoms with Crippen molar-refractivity contribution in [3.8, 4) is 5.75 Å². The largest absolute Gasteiger partial charge is 0.497 e. The van der Waals surface area contributed by atoms with Crippen LogP contribution in [0.25, 0.3) is 0 Å². The molecule has 12 heavy (non-hydrogen) atoms. The number of fused-ring (bicyclic) bond motifs is 1. The van der Waals surface area contributed by atoms with Crippen molar-refractivity contribution >= 4 is 5.69 Å². The van der Waals surface area contributed by atoms with E-state index in [1.165, 1.54) is 11.3 Å². The van der Waals surface area contributed by atoms with Gasteiger partial charge in [-0.3, -0.25) is 0 Å². The van der Waals surface area contributed by atoms with Gasteiger partial charge in [-0.2, -0.15) is 0 Å². The van der Waals surface area contributed by atoms with Crippen molar-refractivity contribution in [2.24, 2.45) is 0 Å². The van der Waals surface area contributed by atoms with Crippen LogP contribution in [-0.4, -0.2) is 13.2 Å². The van der Waals surface area contributed by atoms with Gasteiger partial charge < -0.3 is 10.1 Å². The lowest BCUT2D eigenvalue weighted by molar-refractivity contribution is 0.414. The van der Waals surface area contributed by atoms with Crippen LogP contribution in [-0.2, 0) is 6.42 Å². The van der Waals surface area contributed by atoms with Crippen molar-refractivity contribution in [2.45, 2.75) is 19.4 Å². The highest BCUT2D eigenvalue weighted by Crippen LogP contribution is 2.28. The Morgan fingerprint density at radius 3 is 3.08 bits per heavy atom. The average Bonchev–Trinajstić information content (AvgIpc) is 2.43. The fourth-order valence-electron chi connectivity index (χ4n) is 1.65. The molecule has 0 fully saturated rings. The van der Waals surface area contributed by atoms with Crippen molar-refractivity contribution in [1.29, 1.82) is 0 Å². The molecule has 1 N–H and O–H groups in total. The van der Waals surface area contributed by atoms with Gasteiger partial charge in [0.25, 0.3) is 0 Å². The molecule has 1 atom stereocenters. The zero-order valence-corrected chi connectivity index (χ0v) is 7.42. The van der Waals surface area contributed by atoms with Gasteiger partial charge in [0.15, 0.2) is 0 Å². The summed E-state index contributed by atoms with van der Waals surface area (Å²) in [5, 5.41) is 3.39.